The van der Waals surface area contributed by atoms with Gasteiger partial charge in [-0.3, -0.25) is 9.36 Å². The first-order valence-electron chi connectivity index (χ1n) is 14.5. The summed E-state index contributed by atoms with van der Waals surface area (Å²) in [6.07, 6.45) is -0.425. The summed E-state index contributed by atoms with van der Waals surface area (Å²) in [5, 5.41) is 6.85. The minimum atomic E-state index is -1.25. The molecule has 0 radical (unpaired) electrons. The lowest BCUT2D eigenvalue weighted by molar-refractivity contribution is 0.0525. The number of benzene rings is 2. The number of methoxy groups -OCH3 is 1. The number of carbonyl (C=O) groups excluding carboxylic acids is 1. The van der Waals surface area contributed by atoms with Crippen molar-refractivity contribution in [1.29, 1.82) is 0 Å². The van der Waals surface area contributed by atoms with Crippen LogP contribution in [0.15, 0.2) is 46.6 Å². The van der Waals surface area contributed by atoms with Crippen molar-refractivity contribution in [2.75, 3.05) is 20.3 Å². The van der Waals surface area contributed by atoms with E-state index in [1.807, 2.05) is 45.9 Å². The molecular weight excluding hydrogens is 565 g/mol. The van der Waals surface area contributed by atoms with E-state index in [2.05, 4.69) is 55.5 Å². The number of pyridine rings is 1. The van der Waals surface area contributed by atoms with Gasteiger partial charge in [-0.15, -0.1) is 11.3 Å². The number of nitrogens with zero attached hydrogens (tertiary/aromatic N) is 1. The smallest absolute Gasteiger partial charge is 0.407 e. The number of hydrogen-bond acceptors (Lipinski definition) is 6. The number of carbonyl (C=O) groups is 1. The second kappa shape index (κ2) is 12.6. The maximum atomic E-state index is 13.9. The molecule has 0 spiro atoms. The standard InChI is InChI=1S/C33H44N2O5SSi/c1-21-15-25(38-6)17-26-28-27(19-41-30(28)31(36)35(29(21)26)20-39-13-14-42(7,8)9)24-12-10-11-23(16-24)22(2)18-34-32(37)40-33(3,4)5/h10-12,15-17,19,22H,13-14,18,20H2,1-9H3,(H,34,37). The molecule has 2 aromatic heterocycles. The number of ether oxygens (including phenoxy) is 3. The van der Waals surface area contributed by atoms with Gasteiger partial charge in [-0.25, -0.2) is 4.79 Å². The van der Waals surface area contributed by atoms with Crippen LogP contribution in [-0.2, 0) is 16.2 Å². The summed E-state index contributed by atoms with van der Waals surface area (Å²) < 4.78 is 19.6. The van der Waals surface area contributed by atoms with Crippen LogP contribution in [-0.4, -0.2) is 44.6 Å². The Labute approximate surface area is 253 Å². The van der Waals surface area contributed by atoms with Gasteiger partial charge in [0.15, 0.2) is 0 Å². The molecule has 1 atom stereocenters. The van der Waals surface area contributed by atoms with Gasteiger partial charge in [-0.1, -0.05) is 50.8 Å². The van der Waals surface area contributed by atoms with E-state index in [0.717, 1.165) is 50.3 Å². The van der Waals surface area contributed by atoms with Crippen LogP contribution in [0, 0.1) is 6.92 Å². The van der Waals surface area contributed by atoms with Gasteiger partial charge in [0.1, 0.15) is 22.8 Å². The van der Waals surface area contributed by atoms with Crippen LogP contribution < -0.4 is 15.6 Å². The largest absolute Gasteiger partial charge is 0.497 e. The highest BCUT2D eigenvalue weighted by Gasteiger charge is 2.21. The zero-order valence-electron chi connectivity index (χ0n) is 26.3. The number of fused-ring (bicyclic) bond motifs is 3. The summed E-state index contributed by atoms with van der Waals surface area (Å²) in [5.41, 5.74) is 4.36. The molecule has 1 amide bonds. The molecule has 4 aromatic rings. The lowest BCUT2D eigenvalue weighted by Crippen LogP contribution is -2.34. The highest BCUT2D eigenvalue weighted by molar-refractivity contribution is 7.17. The Balaban J connectivity index is 1.74. The van der Waals surface area contributed by atoms with Crippen LogP contribution >= 0.6 is 11.3 Å². The highest BCUT2D eigenvalue weighted by atomic mass is 32.1. The van der Waals surface area contributed by atoms with Crippen LogP contribution in [0.3, 0.4) is 0 Å². The van der Waals surface area contributed by atoms with Crippen molar-refractivity contribution in [1.82, 2.24) is 9.88 Å². The van der Waals surface area contributed by atoms with Gasteiger partial charge in [0.25, 0.3) is 5.56 Å². The quantitative estimate of drug-likeness (QED) is 0.145. The van der Waals surface area contributed by atoms with E-state index in [1.165, 1.54) is 11.3 Å². The number of amides is 1. The SMILES string of the molecule is COc1cc(C)c2c(c1)c1c(-c3cccc(C(C)CNC(=O)OC(C)(C)C)c3)csc1c(=O)n2COCC[Si](C)(C)C. The van der Waals surface area contributed by atoms with E-state index in [-0.39, 0.29) is 18.2 Å². The molecule has 0 aliphatic heterocycles. The summed E-state index contributed by atoms with van der Waals surface area (Å²) in [6.45, 7) is 17.9. The molecule has 42 heavy (non-hydrogen) atoms. The Morgan fingerprint density at radius 3 is 2.55 bits per heavy atom. The molecule has 0 saturated heterocycles. The van der Waals surface area contributed by atoms with E-state index in [1.54, 1.807) is 11.7 Å². The normalized spacial score (nSPS) is 13.0. The van der Waals surface area contributed by atoms with Crippen LogP contribution in [0.25, 0.3) is 32.1 Å². The third kappa shape index (κ3) is 7.43. The fourth-order valence-electron chi connectivity index (χ4n) is 4.97. The third-order valence-electron chi connectivity index (χ3n) is 7.21. The Morgan fingerprint density at radius 2 is 1.88 bits per heavy atom. The van der Waals surface area contributed by atoms with Gasteiger partial charge in [-0.05, 0) is 68.5 Å². The number of aryl methyl sites for hydroxylation is 1. The van der Waals surface area contributed by atoms with Crippen LogP contribution in [0.5, 0.6) is 5.75 Å². The van der Waals surface area contributed by atoms with Crippen molar-refractivity contribution >= 4 is 46.5 Å². The minimum Gasteiger partial charge on any atom is -0.497 e. The zero-order valence-corrected chi connectivity index (χ0v) is 28.2. The van der Waals surface area contributed by atoms with E-state index in [0.29, 0.717) is 17.9 Å². The van der Waals surface area contributed by atoms with Crippen molar-refractivity contribution in [2.45, 2.75) is 78.6 Å². The van der Waals surface area contributed by atoms with E-state index in [4.69, 9.17) is 14.2 Å². The third-order valence-corrected chi connectivity index (χ3v) is 9.89. The second-order valence-corrected chi connectivity index (χ2v) is 19.7. The van der Waals surface area contributed by atoms with E-state index >= 15 is 0 Å². The number of hydrogen-bond donors (Lipinski definition) is 1. The van der Waals surface area contributed by atoms with Gasteiger partial charge in [0.05, 0.1) is 12.6 Å². The summed E-state index contributed by atoms with van der Waals surface area (Å²) >= 11 is 1.46. The number of nitrogens with one attached hydrogen (secondary N) is 1. The minimum absolute atomic E-state index is 0.0406. The van der Waals surface area contributed by atoms with Crippen molar-refractivity contribution in [3.05, 3.63) is 63.3 Å². The fraction of sp³-hybridized carbons (Fsp3) is 0.455. The molecule has 4 rings (SSSR count). The van der Waals surface area contributed by atoms with Crippen LogP contribution in [0.4, 0.5) is 4.79 Å². The summed E-state index contributed by atoms with van der Waals surface area (Å²) in [7, 11) is 0.413. The Kier molecular flexibility index (Phi) is 9.54. The number of aromatic nitrogens is 1. The number of alkyl carbamates (subject to hydrolysis) is 1. The van der Waals surface area contributed by atoms with Gasteiger partial charge in [-0.2, -0.15) is 0 Å². The van der Waals surface area contributed by atoms with Gasteiger partial charge in [0.2, 0.25) is 0 Å². The highest BCUT2D eigenvalue weighted by Crippen LogP contribution is 2.40. The fourth-order valence-corrected chi connectivity index (χ4v) is 6.77. The zero-order chi connectivity index (χ0) is 30.8. The number of rotatable bonds is 10. The molecule has 9 heteroatoms. The van der Waals surface area contributed by atoms with Gasteiger partial charge >= 0.3 is 6.09 Å². The van der Waals surface area contributed by atoms with Crippen molar-refractivity contribution in [2.24, 2.45) is 0 Å². The van der Waals surface area contributed by atoms with Crippen molar-refractivity contribution < 1.29 is 19.0 Å². The Bertz CT molecular complexity index is 1640. The first-order chi connectivity index (χ1) is 19.7. The summed E-state index contributed by atoms with van der Waals surface area (Å²) in [4.78, 5) is 26.1. The molecule has 7 nitrogen and oxygen atoms in total. The molecule has 226 valence electrons. The topological polar surface area (TPSA) is 78.8 Å². The predicted molar refractivity (Wildman–Crippen MR) is 177 cm³/mol. The van der Waals surface area contributed by atoms with Crippen LogP contribution in [0.1, 0.15) is 44.7 Å². The lowest BCUT2D eigenvalue weighted by atomic mass is 9.95. The van der Waals surface area contributed by atoms with E-state index < -0.39 is 19.8 Å². The molecule has 0 fully saturated rings. The average molecular weight is 609 g/mol. The van der Waals surface area contributed by atoms with E-state index in [9.17, 15) is 9.59 Å². The van der Waals surface area contributed by atoms with Crippen LogP contribution in [0.2, 0.25) is 25.7 Å². The first-order valence-corrected chi connectivity index (χ1v) is 19.0. The monoisotopic (exact) mass is 608 g/mol. The molecule has 1 unspecified atom stereocenters. The molecule has 0 aliphatic rings. The molecule has 2 aromatic carbocycles. The first kappa shape index (κ1) is 31.8. The Morgan fingerprint density at radius 1 is 1.14 bits per heavy atom. The average Bonchev–Trinajstić information content (AvgIpc) is 3.35. The maximum Gasteiger partial charge on any atom is 0.407 e. The number of thiophene rings is 1. The molecule has 1 N–H and O–H groups in total. The predicted octanol–water partition coefficient (Wildman–Crippen LogP) is 8.14. The maximum absolute atomic E-state index is 13.9. The molecule has 0 saturated carbocycles. The molecule has 0 aliphatic carbocycles. The second-order valence-electron chi connectivity index (χ2n) is 13.2. The lowest BCUT2D eigenvalue weighted by Gasteiger charge is -2.21. The molecule has 0 bridgehead atoms. The molecular formula is C33H44N2O5SSi. The van der Waals surface area contributed by atoms with Gasteiger partial charge < -0.3 is 19.5 Å². The van der Waals surface area contributed by atoms with Crippen molar-refractivity contribution in [3.8, 4) is 16.9 Å². The Hall–Kier alpha value is -3.14. The van der Waals surface area contributed by atoms with Crippen molar-refractivity contribution in [3.63, 3.8) is 0 Å². The summed E-state index contributed by atoms with van der Waals surface area (Å²) in [6, 6.07) is 13.3. The molecule has 2 heterocycles. The van der Waals surface area contributed by atoms with Gasteiger partial charge in [0, 0.05) is 42.9 Å². The summed E-state index contributed by atoms with van der Waals surface area (Å²) in [5.74, 6) is 0.811.